The average molecular weight is 817 g/mol. The first-order chi connectivity index (χ1) is 30.5. The van der Waals surface area contributed by atoms with Crippen LogP contribution in [0.25, 0.3) is 55.0 Å². The zero-order valence-electron chi connectivity index (χ0n) is 36.9. The monoisotopic (exact) mass is 816 g/mol. The van der Waals surface area contributed by atoms with E-state index >= 15 is 0 Å². The Labute approximate surface area is 371 Å². The molecule has 63 heavy (non-hydrogen) atoms. The molecular weight excluding hydrogens is 765 g/mol. The lowest BCUT2D eigenvalue weighted by Gasteiger charge is -2.28. The van der Waals surface area contributed by atoms with Crippen LogP contribution in [0.2, 0.25) is 0 Å². The fourth-order valence-corrected chi connectivity index (χ4v) is 8.90. The molecule has 0 spiro atoms. The van der Waals surface area contributed by atoms with Crippen LogP contribution in [0.15, 0.2) is 211 Å². The molecule has 0 aliphatic rings. The minimum atomic E-state index is 0.0382. The van der Waals surface area contributed by atoms with E-state index < -0.39 is 0 Å². The van der Waals surface area contributed by atoms with Crippen LogP contribution in [0.4, 0.5) is 34.1 Å². The molecule has 10 rings (SSSR count). The zero-order chi connectivity index (χ0) is 43.3. The number of hydrogen-bond donors (Lipinski definition) is 0. The quantitative estimate of drug-likeness (QED) is 0.152. The lowest BCUT2D eigenvalue weighted by atomic mass is 9.87. The molecule has 1 aromatic heterocycles. The van der Waals surface area contributed by atoms with Crippen molar-refractivity contribution in [1.82, 2.24) is 0 Å². The van der Waals surface area contributed by atoms with E-state index in [1.165, 1.54) is 33.4 Å². The van der Waals surface area contributed by atoms with Gasteiger partial charge in [0.25, 0.3) is 0 Å². The normalized spacial score (nSPS) is 12.0. The Morgan fingerprint density at radius 3 is 1.19 bits per heavy atom. The molecule has 3 nitrogen and oxygen atoms in total. The highest BCUT2D eigenvalue weighted by atomic mass is 16.3. The van der Waals surface area contributed by atoms with Crippen molar-refractivity contribution in [3.8, 4) is 22.3 Å². The number of fused-ring (bicyclic) bond motifs is 5. The minimum Gasteiger partial charge on any atom is -0.456 e. The molecule has 0 N–H and O–H groups in total. The first kappa shape index (κ1) is 39.8. The lowest BCUT2D eigenvalue weighted by Crippen LogP contribution is -2.13. The van der Waals surface area contributed by atoms with Gasteiger partial charge in [-0.2, -0.15) is 0 Å². The molecule has 9 aromatic carbocycles. The smallest absolute Gasteiger partial charge is 0.138 e. The van der Waals surface area contributed by atoms with Crippen LogP contribution in [0.3, 0.4) is 0 Å². The molecular formula is C60H52N2O. The van der Waals surface area contributed by atoms with E-state index in [4.69, 9.17) is 4.42 Å². The van der Waals surface area contributed by atoms with Gasteiger partial charge in [0.1, 0.15) is 11.2 Å². The second-order valence-electron chi connectivity index (χ2n) is 18.7. The third kappa shape index (κ3) is 7.65. The maximum atomic E-state index is 7.01. The topological polar surface area (TPSA) is 19.6 Å². The van der Waals surface area contributed by atoms with Crippen molar-refractivity contribution >= 4 is 66.8 Å². The summed E-state index contributed by atoms with van der Waals surface area (Å²) < 4.78 is 7.01. The van der Waals surface area contributed by atoms with Crippen LogP contribution in [0, 0.1) is 0 Å². The predicted octanol–water partition coefficient (Wildman–Crippen LogP) is 17.6. The summed E-state index contributed by atoms with van der Waals surface area (Å²) in [7, 11) is 0. The van der Waals surface area contributed by atoms with Gasteiger partial charge in [-0.1, -0.05) is 175 Å². The van der Waals surface area contributed by atoms with Gasteiger partial charge in [-0.25, -0.2) is 0 Å². The highest BCUT2D eigenvalue weighted by Crippen LogP contribution is 2.47. The third-order valence-corrected chi connectivity index (χ3v) is 12.4. The van der Waals surface area contributed by atoms with Crippen molar-refractivity contribution in [2.75, 3.05) is 9.80 Å². The summed E-state index contributed by atoms with van der Waals surface area (Å²) >= 11 is 0. The Kier molecular flexibility index (Phi) is 9.99. The molecule has 0 radical (unpaired) electrons. The van der Waals surface area contributed by atoms with Gasteiger partial charge in [0, 0.05) is 56.7 Å². The molecule has 308 valence electrons. The number of hydrogen-bond acceptors (Lipinski definition) is 3. The summed E-state index contributed by atoms with van der Waals surface area (Å²) in [5.41, 5.74) is 15.6. The van der Waals surface area contributed by atoms with Gasteiger partial charge in [-0.05, 0) is 110 Å². The van der Waals surface area contributed by atoms with Crippen molar-refractivity contribution in [1.29, 1.82) is 0 Å². The molecule has 0 saturated heterocycles. The number of anilines is 6. The van der Waals surface area contributed by atoms with E-state index in [0.717, 1.165) is 66.8 Å². The van der Waals surface area contributed by atoms with Gasteiger partial charge >= 0.3 is 0 Å². The summed E-state index contributed by atoms with van der Waals surface area (Å²) in [6.45, 7) is 13.6. The maximum absolute atomic E-state index is 7.01. The first-order valence-corrected chi connectivity index (χ1v) is 22.0. The van der Waals surface area contributed by atoms with Crippen molar-refractivity contribution in [2.45, 2.75) is 52.4 Å². The molecule has 3 heteroatoms. The Morgan fingerprint density at radius 2 is 0.714 bits per heavy atom. The van der Waals surface area contributed by atoms with E-state index in [0.29, 0.717) is 0 Å². The minimum absolute atomic E-state index is 0.0382. The van der Waals surface area contributed by atoms with Crippen LogP contribution < -0.4 is 9.80 Å². The molecule has 0 saturated carbocycles. The Hall–Kier alpha value is -7.36. The van der Waals surface area contributed by atoms with Crippen LogP contribution >= 0.6 is 0 Å². The molecule has 0 bridgehead atoms. The Balaban J connectivity index is 1.13. The predicted molar refractivity (Wildman–Crippen MR) is 269 cm³/mol. The summed E-state index contributed by atoms with van der Waals surface area (Å²) in [5, 5.41) is 4.52. The second kappa shape index (κ2) is 15.8. The molecule has 0 unspecified atom stereocenters. The molecule has 0 fully saturated rings. The van der Waals surface area contributed by atoms with E-state index in [-0.39, 0.29) is 10.8 Å². The summed E-state index contributed by atoms with van der Waals surface area (Å²) in [6.07, 6.45) is 0. The SMILES string of the molecule is CC(C)(C)c1ccc(N(c2ccc(-c3ccccc3)cc2)c2ccc3c(c2)oc2cc(N(c4ccc(-c5ccccc5)cc4)c4ccc(C(C)(C)C)cc4)c4ccccc4c23)cc1. The van der Waals surface area contributed by atoms with Gasteiger partial charge in [0.05, 0.1) is 5.69 Å². The van der Waals surface area contributed by atoms with Crippen LogP contribution in [-0.2, 0) is 10.8 Å². The molecule has 0 aliphatic heterocycles. The van der Waals surface area contributed by atoms with Gasteiger partial charge < -0.3 is 14.2 Å². The zero-order valence-corrected chi connectivity index (χ0v) is 36.9. The van der Waals surface area contributed by atoms with Gasteiger partial charge in [-0.3, -0.25) is 0 Å². The molecule has 0 aliphatic carbocycles. The van der Waals surface area contributed by atoms with Crippen molar-refractivity contribution in [3.05, 3.63) is 217 Å². The van der Waals surface area contributed by atoms with Crippen LogP contribution in [0.5, 0.6) is 0 Å². The average Bonchev–Trinajstić information content (AvgIpc) is 3.68. The Bertz CT molecular complexity index is 3190. The number of benzene rings is 9. The summed E-state index contributed by atoms with van der Waals surface area (Å²) in [5.74, 6) is 0. The van der Waals surface area contributed by atoms with Crippen molar-refractivity contribution in [2.24, 2.45) is 0 Å². The fraction of sp³-hybridized carbons (Fsp3) is 0.133. The highest BCUT2D eigenvalue weighted by Gasteiger charge is 2.23. The number of rotatable bonds is 8. The van der Waals surface area contributed by atoms with E-state index in [1.807, 2.05) is 0 Å². The summed E-state index contributed by atoms with van der Waals surface area (Å²) in [4.78, 5) is 4.71. The lowest BCUT2D eigenvalue weighted by molar-refractivity contribution is 0.590. The standard InChI is InChI=1S/C60H52N2O/c1-59(2,3)45-25-33-48(34-26-45)61(47-29-21-43(22-30-47)41-15-9-7-10-16-41)51-37-38-54-56(39-51)63-57-40-55(52-19-13-14-20-53(52)58(54)57)62(50-35-27-46(28-36-50)60(4,5)6)49-31-23-44(24-32-49)42-17-11-8-12-18-42/h7-40H,1-6H3. The van der Waals surface area contributed by atoms with Crippen LogP contribution in [-0.4, -0.2) is 0 Å². The first-order valence-electron chi connectivity index (χ1n) is 22.0. The molecule has 10 aromatic rings. The van der Waals surface area contributed by atoms with Crippen LogP contribution in [0.1, 0.15) is 52.7 Å². The van der Waals surface area contributed by atoms with Crippen molar-refractivity contribution < 1.29 is 4.42 Å². The molecule has 0 atom stereocenters. The number of furan rings is 1. The maximum Gasteiger partial charge on any atom is 0.138 e. The second-order valence-corrected chi connectivity index (χ2v) is 18.7. The number of nitrogens with zero attached hydrogens (tertiary/aromatic N) is 2. The fourth-order valence-electron chi connectivity index (χ4n) is 8.90. The van der Waals surface area contributed by atoms with Gasteiger partial charge in [0.2, 0.25) is 0 Å². The van der Waals surface area contributed by atoms with Gasteiger partial charge in [-0.15, -0.1) is 0 Å². The Morgan fingerprint density at radius 1 is 0.317 bits per heavy atom. The molecule has 0 amide bonds. The van der Waals surface area contributed by atoms with Gasteiger partial charge in [0.15, 0.2) is 0 Å². The summed E-state index contributed by atoms with van der Waals surface area (Å²) in [6, 6.07) is 74.6. The molecule has 1 heterocycles. The van der Waals surface area contributed by atoms with E-state index in [1.54, 1.807) is 0 Å². The third-order valence-electron chi connectivity index (χ3n) is 12.4. The van der Waals surface area contributed by atoms with E-state index in [9.17, 15) is 0 Å². The van der Waals surface area contributed by atoms with E-state index in [2.05, 4.69) is 258 Å². The van der Waals surface area contributed by atoms with Crippen molar-refractivity contribution in [3.63, 3.8) is 0 Å². The highest BCUT2D eigenvalue weighted by molar-refractivity contribution is 6.22. The largest absolute Gasteiger partial charge is 0.456 e.